The molecule has 1 amide bonds. The van der Waals surface area contributed by atoms with Crippen molar-refractivity contribution < 1.29 is 4.79 Å². The van der Waals surface area contributed by atoms with Gasteiger partial charge in [0.15, 0.2) is 11.4 Å². The molecule has 6 nitrogen and oxygen atoms in total. The van der Waals surface area contributed by atoms with Crippen LogP contribution in [-0.2, 0) is 4.79 Å². The summed E-state index contributed by atoms with van der Waals surface area (Å²) in [5, 5.41) is 20.8. The lowest BCUT2D eigenvalue weighted by Gasteiger charge is -2.27. The number of carbonyl (C=O) groups is 1. The molecule has 0 aliphatic rings. The second kappa shape index (κ2) is 5.53. The number of carbonyl (C=O) groups excluding carboxylic acids is 1. The summed E-state index contributed by atoms with van der Waals surface area (Å²) in [6, 6.07) is 3.15. The number of amides is 1. The average molecular weight is 259 g/mol. The van der Waals surface area contributed by atoms with Crippen LogP contribution in [0.3, 0.4) is 0 Å². The van der Waals surface area contributed by atoms with Gasteiger partial charge in [0, 0.05) is 5.54 Å². The summed E-state index contributed by atoms with van der Waals surface area (Å²) < 4.78 is 1.42. The number of aromatic nitrogens is 2. The Labute approximate surface area is 112 Å². The number of hydrogen-bond acceptors (Lipinski definition) is 4. The molecule has 6 heteroatoms. The van der Waals surface area contributed by atoms with Crippen molar-refractivity contribution in [1.82, 2.24) is 14.9 Å². The maximum Gasteiger partial charge on any atom is 0.243 e. The van der Waals surface area contributed by atoms with Crippen LogP contribution in [0, 0.1) is 22.7 Å². The van der Waals surface area contributed by atoms with Crippen LogP contribution in [0.2, 0.25) is 0 Å². The predicted octanol–water partition coefficient (Wildman–Crippen LogP) is 1.49. The van der Waals surface area contributed by atoms with Crippen molar-refractivity contribution >= 4 is 5.91 Å². The van der Waals surface area contributed by atoms with E-state index in [1.54, 1.807) is 6.92 Å². The molecule has 0 aliphatic carbocycles. The molecule has 0 aliphatic heterocycles. The molecule has 1 N–H and O–H groups in total. The predicted molar refractivity (Wildman–Crippen MR) is 68.9 cm³/mol. The maximum absolute atomic E-state index is 12.1. The second-order valence-corrected chi connectivity index (χ2v) is 4.98. The Kier molecular flexibility index (Phi) is 4.29. The van der Waals surface area contributed by atoms with Gasteiger partial charge in [-0.15, -0.1) is 0 Å². The molecule has 0 spiro atoms. The smallest absolute Gasteiger partial charge is 0.243 e. The van der Waals surface area contributed by atoms with Gasteiger partial charge in [0.2, 0.25) is 5.91 Å². The third kappa shape index (κ3) is 3.11. The Bertz CT molecular complexity index is 559. The quantitative estimate of drug-likeness (QED) is 0.886. The van der Waals surface area contributed by atoms with Gasteiger partial charge in [0.05, 0.1) is 6.33 Å². The van der Waals surface area contributed by atoms with Crippen LogP contribution >= 0.6 is 0 Å². The standard InChI is InChI=1S/C13H17N5O/c1-5-13(3,4)17-12(19)9(2)18-8-16-10(6-14)11(18)7-15/h8-9H,5H2,1-4H3,(H,17,19). The summed E-state index contributed by atoms with van der Waals surface area (Å²) in [6.07, 6.45) is 2.14. The molecule has 1 aromatic heterocycles. The molecule has 0 fully saturated rings. The minimum absolute atomic E-state index is 0.0388. The Hall–Kier alpha value is -2.34. The molecule has 0 saturated heterocycles. The largest absolute Gasteiger partial charge is 0.349 e. The number of nitriles is 2. The van der Waals surface area contributed by atoms with Gasteiger partial charge in [-0.2, -0.15) is 10.5 Å². The summed E-state index contributed by atoms with van der Waals surface area (Å²) in [7, 11) is 0. The third-order valence-electron chi connectivity index (χ3n) is 3.15. The van der Waals surface area contributed by atoms with Gasteiger partial charge in [0.25, 0.3) is 0 Å². The first-order valence-electron chi connectivity index (χ1n) is 6.05. The molecule has 0 radical (unpaired) electrons. The van der Waals surface area contributed by atoms with E-state index in [4.69, 9.17) is 10.5 Å². The number of imidazole rings is 1. The minimum atomic E-state index is -0.588. The van der Waals surface area contributed by atoms with E-state index in [1.165, 1.54) is 10.9 Å². The van der Waals surface area contributed by atoms with E-state index in [0.29, 0.717) is 0 Å². The van der Waals surface area contributed by atoms with Crippen LogP contribution in [0.5, 0.6) is 0 Å². The van der Waals surface area contributed by atoms with Crippen molar-refractivity contribution in [3.05, 3.63) is 17.7 Å². The van der Waals surface area contributed by atoms with Crippen molar-refractivity contribution in [2.75, 3.05) is 0 Å². The van der Waals surface area contributed by atoms with Gasteiger partial charge >= 0.3 is 0 Å². The van der Waals surface area contributed by atoms with E-state index in [-0.39, 0.29) is 22.8 Å². The first kappa shape index (κ1) is 14.7. The van der Waals surface area contributed by atoms with Crippen LogP contribution in [0.1, 0.15) is 51.5 Å². The summed E-state index contributed by atoms with van der Waals surface area (Å²) in [4.78, 5) is 16.0. The van der Waals surface area contributed by atoms with Gasteiger partial charge in [-0.1, -0.05) is 6.92 Å². The lowest BCUT2D eigenvalue weighted by molar-refractivity contribution is -0.125. The zero-order valence-electron chi connectivity index (χ0n) is 11.6. The highest BCUT2D eigenvalue weighted by Gasteiger charge is 2.25. The Morgan fingerprint density at radius 3 is 2.63 bits per heavy atom. The van der Waals surface area contributed by atoms with Crippen LogP contribution in [0.15, 0.2) is 6.33 Å². The normalized spacial score (nSPS) is 12.3. The van der Waals surface area contributed by atoms with Gasteiger partial charge < -0.3 is 9.88 Å². The third-order valence-corrected chi connectivity index (χ3v) is 3.15. The fourth-order valence-corrected chi connectivity index (χ4v) is 1.50. The van der Waals surface area contributed by atoms with E-state index in [2.05, 4.69) is 10.3 Å². The molecule has 0 aromatic carbocycles. The summed E-state index contributed by atoms with van der Waals surface area (Å²) in [5.41, 5.74) is -0.159. The maximum atomic E-state index is 12.1. The van der Waals surface area contributed by atoms with Crippen molar-refractivity contribution in [3.63, 3.8) is 0 Å². The molecule has 1 aromatic rings. The van der Waals surface area contributed by atoms with Crippen LogP contribution in [-0.4, -0.2) is 21.0 Å². The Morgan fingerprint density at radius 1 is 1.53 bits per heavy atom. The van der Waals surface area contributed by atoms with Crippen LogP contribution in [0.25, 0.3) is 0 Å². The van der Waals surface area contributed by atoms with E-state index in [9.17, 15) is 4.79 Å². The van der Waals surface area contributed by atoms with Crippen molar-refractivity contribution in [3.8, 4) is 12.1 Å². The van der Waals surface area contributed by atoms with Crippen molar-refractivity contribution in [2.45, 2.75) is 45.7 Å². The molecule has 1 atom stereocenters. The first-order valence-corrected chi connectivity index (χ1v) is 6.05. The number of nitrogens with zero attached hydrogens (tertiary/aromatic N) is 4. The van der Waals surface area contributed by atoms with Crippen LogP contribution in [0.4, 0.5) is 0 Å². The molecule has 19 heavy (non-hydrogen) atoms. The van der Waals surface area contributed by atoms with Crippen LogP contribution < -0.4 is 5.32 Å². The SMILES string of the molecule is CCC(C)(C)NC(=O)C(C)n1cnc(C#N)c1C#N. The molecular weight excluding hydrogens is 242 g/mol. The first-order chi connectivity index (χ1) is 8.86. The van der Waals surface area contributed by atoms with E-state index in [1.807, 2.05) is 32.9 Å². The van der Waals surface area contributed by atoms with E-state index < -0.39 is 6.04 Å². The lowest BCUT2D eigenvalue weighted by Crippen LogP contribution is -2.45. The topological polar surface area (TPSA) is 94.5 Å². The Balaban J connectivity index is 2.99. The fourth-order valence-electron chi connectivity index (χ4n) is 1.50. The summed E-state index contributed by atoms with van der Waals surface area (Å²) >= 11 is 0. The zero-order valence-corrected chi connectivity index (χ0v) is 11.6. The molecule has 1 heterocycles. The summed E-state index contributed by atoms with van der Waals surface area (Å²) in [5.74, 6) is -0.203. The average Bonchev–Trinajstić information content (AvgIpc) is 2.79. The lowest BCUT2D eigenvalue weighted by atomic mass is 10.0. The number of rotatable bonds is 4. The fraction of sp³-hybridized carbons (Fsp3) is 0.538. The highest BCUT2D eigenvalue weighted by atomic mass is 16.2. The zero-order chi connectivity index (χ0) is 14.6. The van der Waals surface area contributed by atoms with Crippen molar-refractivity contribution in [1.29, 1.82) is 10.5 Å². The van der Waals surface area contributed by atoms with Crippen molar-refractivity contribution in [2.24, 2.45) is 0 Å². The monoisotopic (exact) mass is 259 g/mol. The highest BCUT2D eigenvalue weighted by Crippen LogP contribution is 2.15. The molecule has 0 bridgehead atoms. The molecule has 1 unspecified atom stereocenters. The van der Waals surface area contributed by atoms with Gasteiger partial charge in [-0.05, 0) is 27.2 Å². The molecular formula is C13H17N5O. The van der Waals surface area contributed by atoms with Gasteiger partial charge in [0.1, 0.15) is 18.2 Å². The number of hydrogen-bond donors (Lipinski definition) is 1. The molecule has 100 valence electrons. The highest BCUT2D eigenvalue weighted by molar-refractivity contribution is 5.80. The minimum Gasteiger partial charge on any atom is -0.349 e. The van der Waals surface area contributed by atoms with Gasteiger partial charge in [-0.25, -0.2) is 4.98 Å². The Morgan fingerprint density at radius 2 is 2.16 bits per heavy atom. The summed E-state index contributed by atoms with van der Waals surface area (Å²) in [6.45, 7) is 7.51. The molecule has 1 rings (SSSR count). The number of nitrogens with one attached hydrogen (secondary N) is 1. The van der Waals surface area contributed by atoms with E-state index in [0.717, 1.165) is 6.42 Å². The second-order valence-electron chi connectivity index (χ2n) is 4.98. The van der Waals surface area contributed by atoms with E-state index >= 15 is 0 Å². The molecule has 0 saturated carbocycles. The van der Waals surface area contributed by atoms with Gasteiger partial charge in [-0.3, -0.25) is 4.79 Å².